The average molecular weight is 562 g/mol. The number of aromatic nitrogens is 1. The van der Waals surface area contributed by atoms with Crippen LogP contribution >= 0.6 is 11.3 Å². The summed E-state index contributed by atoms with van der Waals surface area (Å²) in [6.07, 6.45) is -1.14. The van der Waals surface area contributed by atoms with Gasteiger partial charge in [-0.1, -0.05) is 24.3 Å². The molecule has 0 spiro atoms. The summed E-state index contributed by atoms with van der Waals surface area (Å²) in [5, 5.41) is 27.7. The number of hydrogen-bond donors (Lipinski definition) is 6. The van der Waals surface area contributed by atoms with E-state index in [9.17, 15) is 22.8 Å². The van der Waals surface area contributed by atoms with Crippen LogP contribution in [0.5, 0.6) is 0 Å². The fraction of sp³-hybridized carbons (Fsp3) is 0.250. The number of benzene rings is 2. The number of carboxylic acid groups (broad SMARTS) is 2. The van der Waals surface area contributed by atoms with Crippen molar-refractivity contribution < 1.29 is 33.0 Å². The van der Waals surface area contributed by atoms with Crippen LogP contribution in [0, 0.1) is 0 Å². The van der Waals surface area contributed by atoms with Crippen molar-refractivity contribution >= 4 is 50.1 Å². The number of amides is 3. The highest BCUT2D eigenvalue weighted by molar-refractivity contribution is 7.90. The minimum absolute atomic E-state index is 0.231. The molecule has 6 N–H and O–H groups in total. The number of nitrogens with zero attached hydrogens (tertiary/aromatic N) is 1. The second-order valence-electron chi connectivity index (χ2n) is 8.34. The van der Waals surface area contributed by atoms with E-state index in [1.165, 1.54) is 18.3 Å². The minimum Gasteiger partial charge on any atom is -0.465 e. The summed E-state index contributed by atoms with van der Waals surface area (Å²) in [5.74, 6) is -0.231. The van der Waals surface area contributed by atoms with E-state index in [2.05, 4.69) is 15.6 Å². The Morgan fingerprint density at radius 2 is 1.50 bits per heavy atom. The fourth-order valence-corrected chi connectivity index (χ4v) is 5.23. The molecule has 0 saturated carbocycles. The van der Waals surface area contributed by atoms with Gasteiger partial charge in [-0.2, -0.15) is 0 Å². The number of nitrogens with one attached hydrogen (secondary N) is 4. The predicted octanol–water partition coefficient (Wildman–Crippen LogP) is 3.11. The Morgan fingerprint density at radius 1 is 0.921 bits per heavy atom. The van der Waals surface area contributed by atoms with E-state index in [-0.39, 0.29) is 10.8 Å². The molecular weight excluding hydrogens is 534 g/mol. The first kappa shape index (κ1) is 28.4. The lowest BCUT2D eigenvalue weighted by atomic mass is 10.0. The summed E-state index contributed by atoms with van der Waals surface area (Å²) in [4.78, 5) is 39.1. The van der Waals surface area contributed by atoms with Crippen LogP contribution in [0.15, 0.2) is 53.4 Å². The molecule has 3 aromatic rings. The number of hydrogen-bond acceptors (Lipinski definition) is 8. The molecular formula is C24H27N5O7S2. The zero-order valence-corrected chi connectivity index (χ0v) is 22.1. The van der Waals surface area contributed by atoms with Crippen molar-refractivity contribution in [1.82, 2.24) is 15.6 Å². The lowest BCUT2D eigenvalue weighted by Gasteiger charge is -2.19. The van der Waals surface area contributed by atoms with Gasteiger partial charge in [-0.05, 0) is 48.2 Å². The number of aryl methyl sites for hydroxylation is 2. The molecule has 0 aliphatic heterocycles. The molecule has 3 rings (SSSR count). The summed E-state index contributed by atoms with van der Waals surface area (Å²) >= 11 is 1.37. The molecule has 0 fully saturated rings. The van der Waals surface area contributed by atoms with Gasteiger partial charge in [-0.15, -0.1) is 11.3 Å². The van der Waals surface area contributed by atoms with Crippen molar-refractivity contribution in [1.29, 1.82) is 0 Å². The number of sulfone groups is 1. The first-order valence-corrected chi connectivity index (χ1v) is 14.0. The molecule has 0 atom stereocenters. The van der Waals surface area contributed by atoms with Crippen LogP contribution in [-0.2, 0) is 33.9 Å². The Balaban J connectivity index is 1.71. The molecule has 0 bridgehead atoms. The Morgan fingerprint density at radius 3 is 2.03 bits per heavy atom. The van der Waals surface area contributed by atoms with Gasteiger partial charge >= 0.3 is 12.2 Å². The molecule has 0 saturated heterocycles. The maximum absolute atomic E-state index is 11.7. The van der Waals surface area contributed by atoms with E-state index in [1.54, 1.807) is 36.4 Å². The van der Waals surface area contributed by atoms with Crippen molar-refractivity contribution in [2.24, 2.45) is 0 Å². The van der Waals surface area contributed by atoms with E-state index < -0.39 is 28.3 Å². The quantitative estimate of drug-likeness (QED) is 0.191. The predicted molar refractivity (Wildman–Crippen MR) is 142 cm³/mol. The largest absolute Gasteiger partial charge is 0.465 e. The van der Waals surface area contributed by atoms with Crippen LogP contribution in [-0.4, -0.2) is 54.3 Å². The molecule has 2 aromatic carbocycles. The molecule has 1 heterocycles. The Hall–Kier alpha value is -4.17. The third-order valence-corrected chi connectivity index (χ3v) is 7.37. The molecule has 38 heavy (non-hydrogen) atoms. The van der Waals surface area contributed by atoms with Crippen LogP contribution in [0.1, 0.15) is 28.6 Å². The van der Waals surface area contributed by atoms with E-state index in [0.29, 0.717) is 30.1 Å². The highest BCUT2D eigenvalue weighted by Crippen LogP contribution is 2.27. The standard InChI is InChI=1S/C24H27N5O7S2/c1-14(30)25-22-27-19(20(37-22)13-16-5-10-18(11-6-16)38(2,35)36)12-7-15-3-8-17(9-4-15)26-21(28-23(31)32)29-24(33)34/h3-6,8-11,21,26,28-29H,7,12-13H2,1-2H3,(H,31,32)(H,33,34)(H,25,27,30). The van der Waals surface area contributed by atoms with Crippen LogP contribution in [0.3, 0.4) is 0 Å². The molecule has 12 nitrogen and oxygen atoms in total. The maximum Gasteiger partial charge on any atom is 0.407 e. The van der Waals surface area contributed by atoms with Gasteiger partial charge in [0.05, 0.1) is 10.6 Å². The number of rotatable bonds is 11. The summed E-state index contributed by atoms with van der Waals surface area (Å²) in [7, 11) is -3.29. The molecule has 202 valence electrons. The lowest BCUT2D eigenvalue weighted by molar-refractivity contribution is -0.114. The van der Waals surface area contributed by atoms with Crippen molar-refractivity contribution in [3.05, 3.63) is 70.2 Å². The summed E-state index contributed by atoms with van der Waals surface area (Å²) in [6, 6.07) is 13.7. The third kappa shape index (κ3) is 8.74. The first-order chi connectivity index (χ1) is 17.9. The van der Waals surface area contributed by atoms with Crippen LogP contribution in [0.2, 0.25) is 0 Å². The molecule has 3 amide bonds. The molecule has 0 aliphatic rings. The van der Waals surface area contributed by atoms with E-state index >= 15 is 0 Å². The van der Waals surface area contributed by atoms with Gasteiger partial charge < -0.3 is 20.8 Å². The highest BCUT2D eigenvalue weighted by Gasteiger charge is 2.15. The smallest absolute Gasteiger partial charge is 0.407 e. The van der Waals surface area contributed by atoms with Gasteiger partial charge in [-0.25, -0.2) is 23.0 Å². The number of thiazole rings is 1. The van der Waals surface area contributed by atoms with Gasteiger partial charge in [-0.3, -0.25) is 15.4 Å². The Bertz CT molecular complexity index is 1390. The second-order valence-corrected chi connectivity index (χ2v) is 11.4. The molecule has 1 aromatic heterocycles. The molecule has 0 aliphatic carbocycles. The topological polar surface area (TPSA) is 187 Å². The normalized spacial score (nSPS) is 11.1. The van der Waals surface area contributed by atoms with E-state index in [1.807, 2.05) is 22.8 Å². The lowest BCUT2D eigenvalue weighted by Crippen LogP contribution is -2.52. The maximum atomic E-state index is 11.7. The summed E-state index contributed by atoms with van der Waals surface area (Å²) < 4.78 is 23.5. The van der Waals surface area contributed by atoms with Crippen LogP contribution < -0.4 is 21.3 Å². The molecule has 0 unspecified atom stereocenters. The van der Waals surface area contributed by atoms with Crippen molar-refractivity contribution in [2.45, 2.75) is 37.4 Å². The average Bonchev–Trinajstić information content (AvgIpc) is 3.17. The monoisotopic (exact) mass is 561 g/mol. The zero-order chi connectivity index (χ0) is 27.9. The Kier molecular flexibility index (Phi) is 9.25. The van der Waals surface area contributed by atoms with Gasteiger partial charge in [0.2, 0.25) is 5.91 Å². The van der Waals surface area contributed by atoms with Gasteiger partial charge in [0.25, 0.3) is 0 Å². The fourth-order valence-electron chi connectivity index (χ4n) is 3.51. The van der Waals surface area contributed by atoms with Crippen LogP contribution in [0.4, 0.5) is 20.4 Å². The van der Waals surface area contributed by atoms with E-state index in [4.69, 9.17) is 10.2 Å². The van der Waals surface area contributed by atoms with E-state index in [0.717, 1.165) is 28.0 Å². The summed E-state index contributed by atoms with van der Waals surface area (Å²) in [6.45, 7) is 1.41. The SMILES string of the molecule is CC(=O)Nc1nc(CCc2ccc(NC(NC(=O)O)NC(=O)O)cc2)c(Cc2ccc(S(C)(=O)=O)cc2)s1. The van der Waals surface area contributed by atoms with Gasteiger partial charge in [0, 0.05) is 30.2 Å². The number of carbonyl (C=O) groups excluding carboxylic acids is 1. The van der Waals surface area contributed by atoms with Crippen molar-refractivity contribution in [2.75, 3.05) is 16.9 Å². The van der Waals surface area contributed by atoms with Gasteiger partial charge in [0.1, 0.15) is 0 Å². The zero-order valence-electron chi connectivity index (χ0n) is 20.5. The number of anilines is 2. The highest BCUT2D eigenvalue weighted by atomic mass is 32.2. The Labute approximate surface area is 223 Å². The number of carbonyl (C=O) groups is 3. The molecule has 0 radical (unpaired) electrons. The third-order valence-electron chi connectivity index (χ3n) is 5.23. The van der Waals surface area contributed by atoms with Crippen LogP contribution in [0.25, 0.3) is 0 Å². The molecule has 14 heteroatoms. The van der Waals surface area contributed by atoms with Crippen molar-refractivity contribution in [3.63, 3.8) is 0 Å². The summed E-state index contributed by atoms with van der Waals surface area (Å²) in [5.41, 5.74) is 3.18. The van der Waals surface area contributed by atoms with Crippen molar-refractivity contribution in [3.8, 4) is 0 Å². The minimum atomic E-state index is -3.29. The first-order valence-electron chi connectivity index (χ1n) is 11.3. The second kappa shape index (κ2) is 12.4. The van der Waals surface area contributed by atoms with Gasteiger partial charge in [0.15, 0.2) is 21.3 Å².